The number of nitrogens with zero attached hydrogens (tertiary/aromatic N) is 2. The molecule has 1 aliphatic heterocycles. The first-order valence-electron chi connectivity index (χ1n) is 6.39. The molecule has 0 aliphatic carbocycles. The van der Waals surface area contributed by atoms with E-state index in [0.717, 1.165) is 49.2 Å². The molecule has 1 N–H and O–H groups in total. The smallest absolute Gasteiger partial charge is 0.132 e. The number of nitrogens with one attached hydrogen (secondary N) is 1. The Morgan fingerprint density at radius 3 is 2.78 bits per heavy atom. The summed E-state index contributed by atoms with van der Waals surface area (Å²) in [4.78, 5) is 7.86. The summed E-state index contributed by atoms with van der Waals surface area (Å²) in [6, 6.07) is 5.20. The second-order valence-electron chi connectivity index (χ2n) is 5.06. The van der Waals surface area contributed by atoms with Crippen molar-refractivity contribution in [1.82, 2.24) is 14.8 Å². The van der Waals surface area contributed by atoms with Gasteiger partial charge in [-0.15, -0.1) is 0 Å². The third-order valence-electron chi connectivity index (χ3n) is 3.73. The fraction of sp³-hybridized carbons (Fsp3) is 0.429. The number of aromatic amines is 1. The van der Waals surface area contributed by atoms with Gasteiger partial charge in [-0.1, -0.05) is 6.07 Å². The molecule has 0 spiro atoms. The van der Waals surface area contributed by atoms with Crippen molar-refractivity contribution in [3.63, 3.8) is 0 Å². The van der Waals surface area contributed by atoms with Gasteiger partial charge < -0.3 is 9.88 Å². The van der Waals surface area contributed by atoms with Crippen molar-refractivity contribution < 1.29 is 4.39 Å². The number of hydrogen-bond acceptors (Lipinski definition) is 2. The van der Waals surface area contributed by atoms with Gasteiger partial charge in [-0.05, 0) is 24.7 Å². The predicted molar refractivity (Wildman–Crippen MR) is 71.0 cm³/mol. The standard InChI is InChI=1S/C14H18FN3/c1-17-5-7-18(8-6-17)10-11-9-16-13-4-2-3-12(15)14(11)13/h2-4,9,16H,5-8,10H2,1H3. The van der Waals surface area contributed by atoms with Crippen LogP contribution < -0.4 is 0 Å². The van der Waals surface area contributed by atoms with Crippen LogP contribution in [-0.4, -0.2) is 48.0 Å². The number of piperazine rings is 1. The highest BCUT2D eigenvalue weighted by Gasteiger charge is 2.16. The Morgan fingerprint density at radius 2 is 2.00 bits per heavy atom. The first-order valence-corrected chi connectivity index (χ1v) is 6.39. The largest absolute Gasteiger partial charge is 0.361 e. The summed E-state index contributed by atoms with van der Waals surface area (Å²) in [6.45, 7) is 5.11. The number of aromatic nitrogens is 1. The lowest BCUT2D eigenvalue weighted by molar-refractivity contribution is 0.148. The number of fused-ring (bicyclic) bond motifs is 1. The molecule has 0 atom stereocenters. The molecular formula is C14H18FN3. The average molecular weight is 247 g/mol. The Bertz CT molecular complexity index is 541. The van der Waals surface area contributed by atoms with Gasteiger partial charge in [-0.2, -0.15) is 0 Å². The molecule has 0 bridgehead atoms. The van der Waals surface area contributed by atoms with Crippen molar-refractivity contribution in [2.45, 2.75) is 6.54 Å². The molecule has 96 valence electrons. The van der Waals surface area contributed by atoms with Crippen LogP contribution >= 0.6 is 0 Å². The third kappa shape index (κ3) is 2.13. The second-order valence-corrected chi connectivity index (χ2v) is 5.06. The molecular weight excluding hydrogens is 229 g/mol. The van der Waals surface area contributed by atoms with Gasteiger partial charge in [0, 0.05) is 49.8 Å². The Balaban J connectivity index is 1.82. The number of likely N-dealkylation sites (N-methyl/N-ethyl adjacent to an activating group) is 1. The fourth-order valence-corrected chi connectivity index (χ4v) is 2.58. The van der Waals surface area contributed by atoms with E-state index in [1.165, 1.54) is 6.07 Å². The minimum Gasteiger partial charge on any atom is -0.361 e. The molecule has 0 saturated carbocycles. The quantitative estimate of drug-likeness (QED) is 0.877. The van der Waals surface area contributed by atoms with Gasteiger partial charge in [0.25, 0.3) is 0 Å². The van der Waals surface area contributed by atoms with Crippen molar-refractivity contribution in [1.29, 1.82) is 0 Å². The lowest BCUT2D eigenvalue weighted by Crippen LogP contribution is -2.43. The lowest BCUT2D eigenvalue weighted by Gasteiger charge is -2.32. The molecule has 3 nitrogen and oxygen atoms in total. The van der Waals surface area contributed by atoms with Gasteiger partial charge in [0.05, 0.1) is 0 Å². The Hall–Kier alpha value is -1.39. The van der Waals surface area contributed by atoms with Crippen LogP contribution in [0.2, 0.25) is 0 Å². The first kappa shape index (κ1) is 11.7. The van der Waals surface area contributed by atoms with Crippen molar-refractivity contribution >= 4 is 10.9 Å². The minimum absolute atomic E-state index is 0.127. The molecule has 2 aromatic rings. The van der Waals surface area contributed by atoms with Crippen molar-refractivity contribution in [2.75, 3.05) is 33.2 Å². The summed E-state index contributed by atoms with van der Waals surface area (Å²) in [5, 5.41) is 0.747. The monoisotopic (exact) mass is 247 g/mol. The molecule has 0 amide bonds. The summed E-state index contributed by atoms with van der Waals surface area (Å²) in [7, 11) is 2.14. The number of H-pyrrole nitrogens is 1. The molecule has 1 fully saturated rings. The normalized spacial score (nSPS) is 18.6. The number of halogens is 1. The van der Waals surface area contributed by atoms with E-state index in [1.54, 1.807) is 6.07 Å². The lowest BCUT2D eigenvalue weighted by atomic mass is 10.1. The fourth-order valence-electron chi connectivity index (χ4n) is 2.58. The molecule has 0 unspecified atom stereocenters. The van der Waals surface area contributed by atoms with E-state index in [0.29, 0.717) is 0 Å². The highest BCUT2D eigenvalue weighted by Crippen LogP contribution is 2.23. The van der Waals surface area contributed by atoms with Crippen LogP contribution in [0.4, 0.5) is 4.39 Å². The van der Waals surface area contributed by atoms with E-state index < -0.39 is 0 Å². The maximum absolute atomic E-state index is 13.8. The number of hydrogen-bond donors (Lipinski definition) is 1. The maximum atomic E-state index is 13.8. The second kappa shape index (κ2) is 4.71. The Morgan fingerprint density at radius 1 is 1.22 bits per heavy atom. The minimum atomic E-state index is -0.127. The SMILES string of the molecule is CN1CCN(Cc2c[nH]c3cccc(F)c23)CC1. The van der Waals surface area contributed by atoms with Gasteiger partial charge in [-0.3, -0.25) is 4.90 Å². The van der Waals surface area contributed by atoms with Crippen LogP contribution in [0.25, 0.3) is 10.9 Å². The van der Waals surface area contributed by atoms with Gasteiger partial charge in [-0.25, -0.2) is 4.39 Å². The van der Waals surface area contributed by atoms with Gasteiger partial charge >= 0.3 is 0 Å². The maximum Gasteiger partial charge on any atom is 0.132 e. The zero-order valence-corrected chi connectivity index (χ0v) is 10.6. The topological polar surface area (TPSA) is 22.3 Å². The number of benzene rings is 1. The van der Waals surface area contributed by atoms with Crippen LogP contribution in [0, 0.1) is 5.82 Å². The van der Waals surface area contributed by atoms with Crippen LogP contribution in [0.3, 0.4) is 0 Å². The molecule has 18 heavy (non-hydrogen) atoms. The third-order valence-corrected chi connectivity index (χ3v) is 3.73. The summed E-state index contributed by atoms with van der Waals surface area (Å²) in [5.41, 5.74) is 1.95. The zero-order chi connectivity index (χ0) is 12.5. The summed E-state index contributed by atoms with van der Waals surface area (Å²) in [5.74, 6) is -0.127. The molecule has 1 saturated heterocycles. The first-order chi connectivity index (χ1) is 8.74. The van der Waals surface area contributed by atoms with Crippen LogP contribution in [-0.2, 0) is 6.54 Å². The van der Waals surface area contributed by atoms with Crippen LogP contribution in [0.15, 0.2) is 24.4 Å². The van der Waals surface area contributed by atoms with Crippen molar-refractivity contribution in [3.8, 4) is 0 Å². The summed E-state index contributed by atoms with van der Waals surface area (Å²) in [6.07, 6.45) is 1.94. The average Bonchev–Trinajstić information content (AvgIpc) is 2.77. The van der Waals surface area contributed by atoms with E-state index in [-0.39, 0.29) is 5.82 Å². The summed E-state index contributed by atoms with van der Waals surface area (Å²) < 4.78 is 13.8. The van der Waals surface area contributed by atoms with E-state index in [1.807, 2.05) is 12.3 Å². The van der Waals surface area contributed by atoms with Gasteiger partial charge in [0.15, 0.2) is 0 Å². The molecule has 1 aromatic heterocycles. The molecule has 0 radical (unpaired) electrons. The van der Waals surface area contributed by atoms with Crippen LogP contribution in [0.5, 0.6) is 0 Å². The molecule has 4 heteroatoms. The van der Waals surface area contributed by atoms with Crippen molar-refractivity contribution in [2.24, 2.45) is 0 Å². The highest BCUT2D eigenvalue weighted by atomic mass is 19.1. The van der Waals surface area contributed by atoms with E-state index in [9.17, 15) is 4.39 Å². The van der Waals surface area contributed by atoms with Crippen molar-refractivity contribution in [3.05, 3.63) is 35.8 Å². The van der Waals surface area contributed by atoms with E-state index in [2.05, 4.69) is 21.8 Å². The predicted octanol–water partition coefficient (Wildman–Crippen LogP) is 2.05. The molecule has 1 aliphatic rings. The molecule has 2 heterocycles. The zero-order valence-electron chi connectivity index (χ0n) is 10.6. The highest BCUT2D eigenvalue weighted by molar-refractivity contribution is 5.83. The number of rotatable bonds is 2. The molecule has 1 aromatic carbocycles. The van der Waals surface area contributed by atoms with Crippen LogP contribution in [0.1, 0.15) is 5.56 Å². The van der Waals surface area contributed by atoms with Gasteiger partial charge in [0.2, 0.25) is 0 Å². The molecule has 3 rings (SSSR count). The van der Waals surface area contributed by atoms with Gasteiger partial charge in [0.1, 0.15) is 5.82 Å². The van der Waals surface area contributed by atoms with E-state index >= 15 is 0 Å². The Kier molecular flexibility index (Phi) is 3.06. The Labute approximate surface area is 106 Å². The summed E-state index contributed by atoms with van der Waals surface area (Å²) >= 11 is 0. The van der Waals surface area contributed by atoms with E-state index in [4.69, 9.17) is 0 Å².